The fraction of sp³-hybridized carbons (Fsp3) is 0. The molecule has 0 spiro atoms. The third kappa shape index (κ3) is 4.97. The van der Waals surface area contributed by atoms with E-state index in [0.29, 0.717) is 11.5 Å². The van der Waals surface area contributed by atoms with E-state index >= 15 is 0 Å². The summed E-state index contributed by atoms with van der Waals surface area (Å²) in [5, 5.41) is 6.18. The second-order valence-corrected chi connectivity index (χ2v) is 13.2. The predicted octanol–water partition coefficient (Wildman–Crippen LogP) is 12.0. The largest absolute Gasteiger partial charge is 2.00 e. The number of aromatic nitrogens is 4. The topological polar surface area (TPSA) is 43.8 Å². The minimum Gasteiger partial charge on any atom is -0.497 e. The molecule has 0 N–H and O–H groups in total. The van der Waals surface area contributed by atoms with Gasteiger partial charge in [-0.25, -0.2) is 0 Å². The molecule has 0 saturated carbocycles. The summed E-state index contributed by atoms with van der Waals surface area (Å²) in [6.45, 7) is 0. The molecule has 0 fully saturated rings. The Labute approximate surface area is 325 Å². The minimum atomic E-state index is 0. The molecule has 0 unspecified atom stereocenters. The Morgan fingerprint density at radius 2 is 1.13 bits per heavy atom. The molecule has 256 valence electrons. The standard InChI is InChI=1S/C48H28N4O.Pt/c1-4-12-31(13-5-1)36-24-25-43-46(45(36)33-16-8-3-9-17-33)39-23-21-35(29-41(39)47-49-26-27-51(43)47)53-34-20-22-37-38-18-10-11-19-42(38)52-44(32-14-6-2-7-15-32)30-50-48(52)40(37)28-34;/h1-27,30H;/q-2;+2. The van der Waals surface area contributed by atoms with E-state index in [-0.39, 0.29) is 21.1 Å². The number of fused-ring (bicyclic) bond motifs is 12. The summed E-state index contributed by atoms with van der Waals surface area (Å²) in [5.41, 5.74) is 10.6. The predicted molar refractivity (Wildman–Crippen MR) is 214 cm³/mol. The molecular formula is C48H28N4OPt. The number of rotatable bonds is 5. The van der Waals surface area contributed by atoms with Gasteiger partial charge < -0.3 is 13.5 Å². The average Bonchev–Trinajstić information content (AvgIpc) is 3.91. The van der Waals surface area contributed by atoms with Crippen LogP contribution >= 0.6 is 0 Å². The van der Waals surface area contributed by atoms with Crippen LogP contribution in [-0.4, -0.2) is 18.8 Å². The van der Waals surface area contributed by atoms with Crippen LogP contribution in [0, 0.1) is 12.1 Å². The van der Waals surface area contributed by atoms with Gasteiger partial charge in [-0.05, 0) is 50.7 Å². The van der Waals surface area contributed by atoms with Gasteiger partial charge in [0.05, 0.1) is 17.0 Å². The molecule has 0 radical (unpaired) electrons. The summed E-state index contributed by atoms with van der Waals surface area (Å²) >= 11 is 0. The molecule has 54 heavy (non-hydrogen) atoms. The minimum absolute atomic E-state index is 0. The first-order chi connectivity index (χ1) is 26.3. The van der Waals surface area contributed by atoms with Crippen molar-refractivity contribution in [3.63, 3.8) is 0 Å². The number of hydrogen-bond donors (Lipinski definition) is 0. The van der Waals surface area contributed by atoms with E-state index in [9.17, 15) is 0 Å². The molecule has 0 aliphatic rings. The monoisotopic (exact) mass is 871 g/mol. The average molecular weight is 872 g/mol. The Morgan fingerprint density at radius 3 is 1.87 bits per heavy atom. The summed E-state index contributed by atoms with van der Waals surface area (Å²) in [6.07, 6.45) is 5.82. The van der Waals surface area contributed by atoms with Gasteiger partial charge in [0.2, 0.25) is 0 Å². The van der Waals surface area contributed by atoms with Crippen LogP contribution in [0.2, 0.25) is 0 Å². The van der Waals surface area contributed by atoms with E-state index in [0.717, 1.165) is 77.0 Å². The number of benzene rings is 7. The van der Waals surface area contributed by atoms with Crippen molar-refractivity contribution in [2.24, 2.45) is 0 Å². The van der Waals surface area contributed by atoms with Gasteiger partial charge in [-0.2, -0.15) is 0 Å². The van der Waals surface area contributed by atoms with Crippen LogP contribution in [0.1, 0.15) is 0 Å². The summed E-state index contributed by atoms with van der Waals surface area (Å²) in [4.78, 5) is 9.76. The van der Waals surface area contributed by atoms with Crippen molar-refractivity contribution in [1.82, 2.24) is 18.8 Å². The number of ether oxygens (including phenoxy) is 1. The van der Waals surface area contributed by atoms with Crippen LogP contribution in [-0.2, 0) is 21.1 Å². The molecule has 0 saturated heterocycles. The van der Waals surface area contributed by atoms with Gasteiger partial charge >= 0.3 is 21.1 Å². The maximum Gasteiger partial charge on any atom is 2.00 e. The first-order valence-electron chi connectivity index (χ1n) is 17.7. The molecule has 11 aromatic rings. The van der Waals surface area contributed by atoms with Crippen LogP contribution in [0.5, 0.6) is 11.5 Å². The number of nitrogens with zero attached hydrogens (tertiary/aromatic N) is 4. The van der Waals surface area contributed by atoms with Crippen LogP contribution < -0.4 is 4.74 Å². The van der Waals surface area contributed by atoms with E-state index in [1.807, 2.05) is 36.8 Å². The van der Waals surface area contributed by atoms with E-state index in [1.54, 1.807) is 0 Å². The van der Waals surface area contributed by atoms with Gasteiger partial charge in [0.1, 0.15) is 0 Å². The quantitative estimate of drug-likeness (QED) is 0.128. The van der Waals surface area contributed by atoms with Crippen molar-refractivity contribution >= 4 is 54.6 Å². The van der Waals surface area contributed by atoms with E-state index in [1.165, 1.54) is 11.1 Å². The smallest absolute Gasteiger partial charge is 0.497 e. The molecule has 0 aliphatic heterocycles. The molecular weight excluding hydrogens is 844 g/mol. The number of hydrogen-bond acceptors (Lipinski definition) is 3. The van der Waals surface area contributed by atoms with Crippen molar-refractivity contribution in [2.45, 2.75) is 0 Å². The van der Waals surface area contributed by atoms with Gasteiger partial charge in [-0.1, -0.05) is 161 Å². The summed E-state index contributed by atoms with van der Waals surface area (Å²) in [6, 6.07) is 60.0. The molecule has 4 heterocycles. The molecule has 4 aromatic heterocycles. The summed E-state index contributed by atoms with van der Waals surface area (Å²) < 4.78 is 11.0. The number of imidazole rings is 2. The molecule has 0 bridgehead atoms. The second-order valence-electron chi connectivity index (χ2n) is 13.2. The first kappa shape index (κ1) is 32.1. The van der Waals surface area contributed by atoms with Crippen molar-refractivity contribution in [3.8, 4) is 45.0 Å². The maximum absolute atomic E-state index is 6.61. The fourth-order valence-corrected chi connectivity index (χ4v) is 7.96. The Hall–Kier alpha value is -6.55. The third-order valence-corrected chi connectivity index (χ3v) is 10.3. The zero-order chi connectivity index (χ0) is 34.9. The zero-order valence-electron chi connectivity index (χ0n) is 28.7. The SMILES string of the molecule is [Pt+2].[c-]1c(Oc2[c-]c3c(cc2)c2ccccc2n2c(-c4ccccc4)cnc32)ccc2c1c1nccn1c1ccc(-c3ccccc3)c(-c3ccccc3)c21. The van der Waals surface area contributed by atoms with Crippen molar-refractivity contribution < 1.29 is 25.8 Å². The van der Waals surface area contributed by atoms with Gasteiger partial charge in [-0.15, -0.1) is 12.1 Å². The molecule has 5 nitrogen and oxygen atoms in total. The van der Waals surface area contributed by atoms with Crippen molar-refractivity contribution in [3.05, 3.63) is 182 Å². The number of para-hydroxylation sites is 1. The summed E-state index contributed by atoms with van der Waals surface area (Å²) in [7, 11) is 0. The third-order valence-electron chi connectivity index (χ3n) is 10.3. The Morgan fingerprint density at radius 1 is 0.500 bits per heavy atom. The van der Waals surface area contributed by atoms with Crippen LogP contribution in [0.4, 0.5) is 0 Å². The van der Waals surface area contributed by atoms with E-state index in [4.69, 9.17) is 14.7 Å². The van der Waals surface area contributed by atoms with Crippen LogP contribution in [0.15, 0.2) is 170 Å². The second kappa shape index (κ2) is 12.8. The number of pyridine rings is 2. The van der Waals surface area contributed by atoms with E-state index < -0.39 is 0 Å². The maximum atomic E-state index is 6.61. The van der Waals surface area contributed by atoms with Crippen molar-refractivity contribution in [2.75, 3.05) is 0 Å². The molecule has 0 amide bonds. The first-order valence-corrected chi connectivity index (χ1v) is 17.7. The van der Waals surface area contributed by atoms with Gasteiger partial charge in [-0.3, -0.25) is 9.97 Å². The zero-order valence-corrected chi connectivity index (χ0v) is 31.0. The normalized spacial score (nSPS) is 11.6. The molecule has 6 heteroatoms. The fourth-order valence-electron chi connectivity index (χ4n) is 7.96. The Bertz CT molecular complexity index is 3190. The van der Waals surface area contributed by atoms with Gasteiger partial charge in [0.15, 0.2) is 0 Å². The molecule has 11 rings (SSSR count). The van der Waals surface area contributed by atoms with E-state index in [2.05, 4.69) is 154 Å². The Balaban J connectivity index is 0.00000361. The summed E-state index contributed by atoms with van der Waals surface area (Å²) in [5.74, 6) is 1.17. The Kier molecular flexibility index (Phi) is 7.64. The van der Waals surface area contributed by atoms with Crippen LogP contribution in [0.25, 0.3) is 88.2 Å². The molecule has 0 aliphatic carbocycles. The van der Waals surface area contributed by atoms with Gasteiger partial charge in [0.25, 0.3) is 0 Å². The molecule has 0 atom stereocenters. The van der Waals surface area contributed by atoms with Gasteiger partial charge in [0, 0.05) is 41.1 Å². The van der Waals surface area contributed by atoms with Crippen LogP contribution in [0.3, 0.4) is 0 Å². The van der Waals surface area contributed by atoms with Crippen molar-refractivity contribution in [1.29, 1.82) is 0 Å². The molecule has 7 aromatic carbocycles.